The Kier molecular flexibility index (Phi) is 6.60. The van der Waals surface area contributed by atoms with Crippen LogP contribution in [0.3, 0.4) is 0 Å². The van der Waals surface area contributed by atoms with Crippen molar-refractivity contribution in [3.8, 4) is 0 Å². The molecule has 3 rings (SSSR count). The topological polar surface area (TPSA) is 149 Å². The van der Waals surface area contributed by atoms with Crippen molar-refractivity contribution in [2.24, 2.45) is 0 Å². The number of fused-ring (bicyclic) bond motifs is 2. The molecule has 1 aliphatic carbocycles. The minimum atomic E-state index is -0.886. The van der Waals surface area contributed by atoms with E-state index in [1.165, 1.54) is 0 Å². The lowest BCUT2D eigenvalue weighted by atomic mass is 9.90. The van der Waals surface area contributed by atoms with E-state index in [1.807, 2.05) is 24.3 Å². The number of Topliss-reactive ketones (excluding diaryl/α,β-unsaturated/α-hetero) is 2. The van der Waals surface area contributed by atoms with Crippen LogP contribution in [0.1, 0.15) is 34.6 Å². The first kappa shape index (κ1) is 20.4. The Balaban J connectivity index is 0.000000360. The minimum absolute atomic E-state index is 0.119. The van der Waals surface area contributed by atoms with Gasteiger partial charge in [0.05, 0.1) is 0 Å². The molecule has 0 saturated heterocycles. The third kappa shape index (κ3) is 4.91. The van der Waals surface area contributed by atoms with E-state index in [0.717, 1.165) is 24.6 Å². The summed E-state index contributed by atoms with van der Waals surface area (Å²) in [6, 6.07) is 10.3. The van der Waals surface area contributed by atoms with E-state index in [1.54, 1.807) is 12.1 Å². The normalized spacial score (nSPS) is 12.4. The molecule has 8 nitrogen and oxygen atoms in total. The molecule has 8 heteroatoms. The Morgan fingerprint density at radius 3 is 1.27 bits per heavy atom. The van der Waals surface area contributed by atoms with Crippen LogP contribution in [0.15, 0.2) is 47.9 Å². The molecule has 136 valence electrons. The van der Waals surface area contributed by atoms with E-state index >= 15 is 0 Å². The molecule has 0 heterocycles. The third-order valence-corrected chi connectivity index (χ3v) is 3.03. The molecule has 26 heavy (non-hydrogen) atoms. The Morgan fingerprint density at radius 2 is 1.00 bits per heavy atom. The molecule has 2 aromatic carbocycles. The number of ketones is 2. The molecule has 0 aromatic heterocycles. The number of hydrogen-bond acceptors (Lipinski definition) is 6. The van der Waals surface area contributed by atoms with Crippen molar-refractivity contribution >= 4 is 34.3 Å². The molecule has 0 aliphatic heterocycles. The SMILES string of the molecule is CC(=O)O.CC(=O)O.O=C1C(O)=C(O)C(=O)c2cc3ccccc3cc21. The summed E-state index contributed by atoms with van der Waals surface area (Å²) in [4.78, 5) is 41.6. The van der Waals surface area contributed by atoms with Gasteiger partial charge in [0.1, 0.15) is 0 Å². The number of aliphatic hydroxyl groups excluding tert-OH is 2. The summed E-state index contributed by atoms with van der Waals surface area (Å²) >= 11 is 0. The zero-order valence-electron chi connectivity index (χ0n) is 13.9. The lowest BCUT2D eigenvalue weighted by Crippen LogP contribution is -2.21. The van der Waals surface area contributed by atoms with Crippen LogP contribution in [0.4, 0.5) is 0 Å². The zero-order valence-corrected chi connectivity index (χ0v) is 13.9. The van der Waals surface area contributed by atoms with Gasteiger partial charge in [-0.15, -0.1) is 0 Å². The summed E-state index contributed by atoms with van der Waals surface area (Å²) < 4.78 is 0. The highest BCUT2D eigenvalue weighted by Crippen LogP contribution is 2.28. The van der Waals surface area contributed by atoms with Crippen LogP contribution in [0, 0.1) is 0 Å². The average molecular weight is 360 g/mol. The van der Waals surface area contributed by atoms with Crippen LogP contribution in [0.2, 0.25) is 0 Å². The quantitative estimate of drug-likeness (QED) is 0.560. The highest BCUT2D eigenvalue weighted by molar-refractivity contribution is 6.26. The van der Waals surface area contributed by atoms with Gasteiger partial charge in [-0.3, -0.25) is 19.2 Å². The van der Waals surface area contributed by atoms with Crippen LogP contribution >= 0.6 is 0 Å². The number of hydrogen-bond donors (Lipinski definition) is 4. The first-order valence-corrected chi connectivity index (χ1v) is 7.19. The number of carbonyl (C=O) groups is 4. The number of carboxylic acids is 2. The standard InChI is InChI=1S/C14H8O4.2C2H4O2/c15-11-9-5-7-3-1-2-4-8(7)6-10(9)12(16)14(18)13(11)17;2*1-2(3)4/h1-6,17-18H;2*1H3,(H,3,4). The Labute approximate surface area is 147 Å². The summed E-state index contributed by atoms with van der Waals surface area (Å²) in [5.41, 5.74) is 0.239. The maximum absolute atomic E-state index is 11.8. The predicted molar refractivity (Wildman–Crippen MR) is 91.5 cm³/mol. The van der Waals surface area contributed by atoms with E-state index in [0.29, 0.717) is 0 Å². The fraction of sp³-hybridized carbons (Fsp3) is 0.111. The summed E-state index contributed by atoms with van der Waals surface area (Å²) in [5.74, 6) is -4.90. The summed E-state index contributed by atoms with van der Waals surface area (Å²) in [6.45, 7) is 2.17. The number of aliphatic carboxylic acids is 2. The lowest BCUT2D eigenvalue weighted by Gasteiger charge is -2.14. The van der Waals surface area contributed by atoms with E-state index in [2.05, 4.69) is 0 Å². The Hall–Kier alpha value is -3.68. The van der Waals surface area contributed by atoms with Crippen molar-refractivity contribution in [2.45, 2.75) is 13.8 Å². The molecule has 0 fully saturated rings. The zero-order chi connectivity index (χ0) is 20.0. The van der Waals surface area contributed by atoms with Gasteiger partial charge in [0.25, 0.3) is 11.9 Å². The number of aliphatic hydroxyl groups is 2. The molecule has 4 N–H and O–H groups in total. The van der Waals surface area contributed by atoms with Crippen molar-refractivity contribution in [2.75, 3.05) is 0 Å². The summed E-state index contributed by atoms with van der Waals surface area (Å²) in [7, 11) is 0. The van der Waals surface area contributed by atoms with Crippen LogP contribution in [-0.4, -0.2) is 43.9 Å². The second kappa shape index (κ2) is 8.43. The van der Waals surface area contributed by atoms with E-state index < -0.39 is 35.0 Å². The van der Waals surface area contributed by atoms with Crippen LogP contribution in [0.5, 0.6) is 0 Å². The number of rotatable bonds is 0. The molecule has 2 aromatic rings. The molecule has 0 unspecified atom stereocenters. The predicted octanol–water partition coefficient (Wildman–Crippen LogP) is 2.73. The van der Waals surface area contributed by atoms with Gasteiger partial charge in [-0.25, -0.2) is 0 Å². The monoisotopic (exact) mass is 360 g/mol. The van der Waals surface area contributed by atoms with Gasteiger partial charge < -0.3 is 20.4 Å². The van der Waals surface area contributed by atoms with Gasteiger partial charge in [-0.05, 0) is 22.9 Å². The molecular formula is C18H16O8. The largest absolute Gasteiger partial charge is 0.501 e. The third-order valence-electron chi connectivity index (χ3n) is 3.03. The maximum Gasteiger partial charge on any atom is 0.300 e. The molecule has 0 atom stereocenters. The molecule has 0 bridgehead atoms. The maximum atomic E-state index is 11.8. The van der Waals surface area contributed by atoms with E-state index in [9.17, 15) is 19.8 Å². The minimum Gasteiger partial charge on any atom is -0.501 e. The smallest absolute Gasteiger partial charge is 0.300 e. The van der Waals surface area contributed by atoms with Crippen molar-refractivity contribution < 1.29 is 39.6 Å². The second-order valence-corrected chi connectivity index (χ2v) is 5.14. The number of carboxylic acid groups (broad SMARTS) is 2. The molecule has 0 spiro atoms. The Bertz CT molecular complexity index is 841. The van der Waals surface area contributed by atoms with E-state index in [-0.39, 0.29) is 11.1 Å². The van der Waals surface area contributed by atoms with Crippen LogP contribution in [0.25, 0.3) is 10.8 Å². The van der Waals surface area contributed by atoms with Crippen molar-refractivity contribution in [1.29, 1.82) is 0 Å². The van der Waals surface area contributed by atoms with Gasteiger partial charge in [-0.2, -0.15) is 0 Å². The molecule has 1 aliphatic rings. The van der Waals surface area contributed by atoms with Gasteiger partial charge in [0.2, 0.25) is 23.1 Å². The van der Waals surface area contributed by atoms with Gasteiger partial charge in [-0.1, -0.05) is 24.3 Å². The number of benzene rings is 2. The Morgan fingerprint density at radius 1 is 0.731 bits per heavy atom. The van der Waals surface area contributed by atoms with E-state index in [4.69, 9.17) is 19.8 Å². The van der Waals surface area contributed by atoms with Crippen molar-refractivity contribution in [1.82, 2.24) is 0 Å². The van der Waals surface area contributed by atoms with Crippen molar-refractivity contribution in [3.05, 3.63) is 59.0 Å². The van der Waals surface area contributed by atoms with Gasteiger partial charge >= 0.3 is 0 Å². The summed E-state index contributed by atoms with van der Waals surface area (Å²) in [6.07, 6.45) is 0. The molecular weight excluding hydrogens is 344 g/mol. The lowest BCUT2D eigenvalue weighted by molar-refractivity contribution is -0.135. The number of carbonyl (C=O) groups excluding carboxylic acids is 2. The molecule has 0 amide bonds. The van der Waals surface area contributed by atoms with Crippen molar-refractivity contribution in [3.63, 3.8) is 0 Å². The fourth-order valence-electron chi connectivity index (χ4n) is 2.09. The second-order valence-electron chi connectivity index (χ2n) is 5.14. The van der Waals surface area contributed by atoms with Gasteiger partial charge in [0.15, 0.2) is 0 Å². The van der Waals surface area contributed by atoms with Crippen LogP contribution < -0.4 is 0 Å². The molecule has 0 radical (unpaired) electrons. The first-order chi connectivity index (χ1) is 12.1. The first-order valence-electron chi connectivity index (χ1n) is 7.19. The summed E-state index contributed by atoms with van der Waals surface area (Å²) in [5, 5.41) is 35.2. The number of allylic oxidation sites excluding steroid dienone is 2. The van der Waals surface area contributed by atoms with Gasteiger partial charge in [0, 0.05) is 25.0 Å². The molecule has 0 saturated carbocycles. The highest BCUT2D eigenvalue weighted by Gasteiger charge is 2.32. The van der Waals surface area contributed by atoms with Crippen LogP contribution in [-0.2, 0) is 9.59 Å². The highest BCUT2D eigenvalue weighted by atomic mass is 16.4. The fourth-order valence-corrected chi connectivity index (χ4v) is 2.09. The average Bonchev–Trinajstić information content (AvgIpc) is 2.56.